The number of ether oxygens (including phenoxy) is 1. The third-order valence-electron chi connectivity index (χ3n) is 3.41. The van der Waals surface area contributed by atoms with Gasteiger partial charge in [-0.3, -0.25) is 0 Å². The van der Waals surface area contributed by atoms with Crippen molar-refractivity contribution >= 4 is 17.7 Å². The number of aliphatic hydroxyl groups excluding tert-OH is 1. The summed E-state index contributed by atoms with van der Waals surface area (Å²) in [5.74, 6) is -0.657. The quantitative estimate of drug-likeness (QED) is 0.252. The molecule has 0 atom stereocenters. The average molecular weight is 350 g/mol. The average Bonchev–Trinajstić information content (AvgIpc) is 2.66. The molecule has 2 aromatic carbocycles. The van der Waals surface area contributed by atoms with E-state index >= 15 is 0 Å². The van der Waals surface area contributed by atoms with Crippen LogP contribution in [0.15, 0.2) is 65.3 Å². The van der Waals surface area contributed by atoms with Crippen LogP contribution < -0.4 is 11.2 Å². The second-order valence-corrected chi connectivity index (χ2v) is 5.37. The molecule has 1 amide bonds. The molecule has 0 aromatic heterocycles. The van der Waals surface area contributed by atoms with E-state index < -0.39 is 6.09 Å². The number of hydrogen-bond acceptors (Lipinski definition) is 5. The van der Waals surface area contributed by atoms with Crippen molar-refractivity contribution in [3.8, 4) is 6.07 Å². The zero-order valence-corrected chi connectivity index (χ0v) is 14.1. The van der Waals surface area contributed by atoms with Crippen LogP contribution in [-0.4, -0.2) is 17.0 Å². The highest BCUT2D eigenvalue weighted by atomic mass is 16.6. The van der Waals surface area contributed by atoms with E-state index in [1.165, 1.54) is 0 Å². The van der Waals surface area contributed by atoms with Crippen molar-refractivity contribution in [2.24, 2.45) is 10.8 Å². The first kappa shape index (κ1) is 18.5. The number of nitrogens with two attached hydrogens (primary N) is 1. The summed E-state index contributed by atoms with van der Waals surface area (Å²) in [7, 11) is 0. The Labute approximate surface area is 151 Å². The van der Waals surface area contributed by atoms with Gasteiger partial charge in [0.25, 0.3) is 0 Å². The molecule has 0 aliphatic carbocycles. The van der Waals surface area contributed by atoms with Crippen molar-refractivity contribution in [3.05, 3.63) is 76.9 Å². The minimum Gasteiger partial charge on any atom is -0.506 e. The van der Waals surface area contributed by atoms with Gasteiger partial charge in [0.2, 0.25) is 0 Å². The standard InChI is InChI=1S/C19H18N4O3/c1-13-7-9-15(10-8-13)17(24)16(11-20)18(21)22-23-19(25)26-12-14-5-3-2-4-6-14/h2-10,24H,12H2,1H3,(H2,21,22)(H,23,25)/b17-16-. The van der Waals surface area contributed by atoms with Gasteiger partial charge in [0.05, 0.1) is 0 Å². The van der Waals surface area contributed by atoms with Crippen LogP contribution in [0.4, 0.5) is 4.79 Å². The molecular weight excluding hydrogens is 332 g/mol. The number of amides is 1. The number of carbonyl (C=O) groups excluding carboxylic acids is 1. The summed E-state index contributed by atoms with van der Waals surface area (Å²) in [5.41, 5.74) is 9.76. The third kappa shape index (κ3) is 5.11. The molecule has 0 fully saturated rings. The Kier molecular flexibility index (Phi) is 6.34. The van der Waals surface area contributed by atoms with Gasteiger partial charge in [-0.25, -0.2) is 10.2 Å². The summed E-state index contributed by atoms with van der Waals surface area (Å²) in [4.78, 5) is 11.7. The summed E-state index contributed by atoms with van der Waals surface area (Å²) in [6.45, 7) is 1.97. The smallest absolute Gasteiger partial charge is 0.428 e. The summed E-state index contributed by atoms with van der Waals surface area (Å²) in [5, 5.41) is 23.0. The highest BCUT2D eigenvalue weighted by Crippen LogP contribution is 2.16. The van der Waals surface area contributed by atoms with Crippen molar-refractivity contribution in [1.82, 2.24) is 5.43 Å². The van der Waals surface area contributed by atoms with Crippen LogP contribution in [-0.2, 0) is 11.3 Å². The minimum atomic E-state index is -0.830. The van der Waals surface area contributed by atoms with Gasteiger partial charge >= 0.3 is 6.09 Å². The molecule has 7 heteroatoms. The summed E-state index contributed by atoms with van der Waals surface area (Å²) in [6.07, 6.45) is -0.830. The van der Waals surface area contributed by atoms with Gasteiger partial charge in [-0.2, -0.15) is 10.4 Å². The molecule has 2 aromatic rings. The third-order valence-corrected chi connectivity index (χ3v) is 3.41. The number of rotatable bonds is 5. The summed E-state index contributed by atoms with van der Waals surface area (Å²) >= 11 is 0. The SMILES string of the molecule is Cc1ccc(/C(O)=C(C#N)/C(N)=N/NC(=O)OCc2ccccc2)cc1. The van der Waals surface area contributed by atoms with Gasteiger partial charge in [-0.1, -0.05) is 60.2 Å². The fraction of sp³-hybridized carbons (Fsp3) is 0.105. The first-order chi connectivity index (χ1) is 12.5. The molecule has 0 heterocycles. The van der Waals surface area contributed by atoms with Crippen LogP contribution in [0, 0.1) is 18.3 Å². The molecule has 0 spiro atoms. The van der Waals surface area contributed by atoms with Gasteiger partial charge in [0.15, 0.2) is 5.84 Å². The molecule has 132 valence electrons. The van der Waals surface area contributed by atoms with Gasteiger partial charge in [0, 0.05) is 5.56 Å². The Morgan fingerprint density at radius 2 is 1.88 bits per heavy atom. The van der Waals surface area contributed by atoms with Crippen molar-refractivity contribution in [2.75, 3.05) is 0 Å². The first-order valence-corrected chi connectivity index (χ1v) is 7.72. The lowest BCUT2D eigenvalue weighted by atomic mass is 10.1. The molecule has 26 heavy (non-hydrogen) atoms. The van der Waals surface area contributed by atoms with Gasteiger partial charge < -0.3 is 15.6 Å². The van der Waals surface area contributed by atoms with E-state index in [4.69, 9.17) is 10.5 Å². The Morgan fingerprint density at radius 3 is 2.50 bits per heavy atom. The lowest BCUT2D eigenvalue weighted by Gasteiger charge is -2.06. The minimum absolute atomic E-state index is 0.0671. The van der Waals surface area contributed by atoms with Crippen molar-refractivity contribution in [1.29, 1.82) is 5.26 Å². The number of aryl methyl sites for hydroxylation is 1. The van der Waals surface area contributed by atoms with Crippen LogP contribution in [0.5, 0.6) is 0 Å². The summed E-state index contributed by atoms with van der Waals surface area (Å²) < 4.78 is 4.98. The number of nitrogens with one attached hydrogen (secondary N) is 1. The molecule has 0 saturated carbocycles. The van der Waals surface area contributed by atoms with Crippen LogP contribution in [0.3, 0.4) is 0 Å². The zero-order valence-electron chi connectivity index (χ0n) is 14.1. The van der Waals surface area contributed by atoms with E-state index in [0.29, 0.717) is 5.56 Å². The number of benzene rings is 2. The second-order valence-electron chi connectivity index (χ2n) is 5.37. The molecule has 0 bridgehead atoms. The highest BCUT2D eigenvalue weighted by Gasteiger charge is 2.13. The lowest BCUT2D eigenvalue weighted by Crippen LogP contribution is -2.25. The number of hydrogen-bond donors (Lipinski definition) is 3. The molecule has 0 aliphatic rings. The number of amidine groups is 1. The molecule has 4 N–H and O–H groups in total. The predicted octanol–water partition coefficient (Wildman–Crippen LogP) is 2.99. The van der Waals surface area contributed by atoms with Crippen LogP contribution in [0.1, 0.15) is 16.7 Å². The van der Waals surface area contributed by atoms with E-state index in [-0.39, 0.29) is 23.8 Å². The predicted molar refractivity (Wildman–Crippen MR) is 97.7 cm³/mol. The van der Waals surface area contributed by atoms with E-state index in [9.17, 15) is 15.2 Å². The molecule has 7 nitrogen and oxygen atoms in total. The number of nitrogens with zero attached hydrogens (tertiary/aromatic N) is 2. The van der Waals surface area contributed by atoms with Crippen LogP contribution in [0.25, 0.3) is 5.76 Å². The normalized spacial score (nSPS) is 11.9. The molecule has 0 aliphatic heterocycles. The van der Waals surface area contributed by atoms with E-state index in [2.05, 4.69) is 10.5 Å². The number of carbonyl (C=O) groups is 1. The molecule has 0 radical (unpaired) electrons. The van der Waals surface area contributed by atoms with Crippen molar-refractivity contribution in [2.45, 2.75) is 13.5 Å². The maximum atomic E-state index is 11.7. The van der Waals surface area contributed by atoms with E-state index in [1.54, 1.807) is 42.5 Å². The van der Waals surface area contributed by atoms with Crippen molar-refractivity contribution < 1.29 is 14.6 Å². The zero-order chi connectivity index (χ0) is 18.9. The number of nitriles is 1. The lowest BCUT2D eigenvalue weighted by molar-refractivity contribution is 0.140. The Hall–Kier alpha value is -3.79. The van der Waals surface area contributed by atoms with Crippen LogP contribution in [0.2, 0.25) is 0 Å². The molecule has 2 rings (SSSR count). The number of hydrazone groups is 1. The monoisotopic (exact) mass is 350 g/mol. The second kappa shape index (κ2) is 8.89. The maximum absolute atomic E-state index is 11.7. The maximum Gasteiger partial charge on any atom is 0.428 e. The van der Waals surface area contributed by atoms with E-state index in [0.717, 1.165) is 11.1 Å². The Bertz CT molecular complexity index is 866. The highest BCUT2D eigenvalue weighted by molar-refractivity contribution is 6.06. The van der Waals surface area contributed by atoms with Gasteiger partial charge in [-0.15, -0.1) is 0 Å². The van der Waals surface area contributed by atoms with E-state index in [1.807, 2.05) is 25.1 Å². The Balaban J connectivity index is 2.04. The fourth-order valence-corrected chi connectivity index (χ4v) is 2.00. The topological polar surface area (TPSA) is 121 Å². The number of aliphatic hydroxyl groups is 1. The largest absolute Gasteiger partial charge is 0.506 e. The molecular formula is C19H18N4O3. The van der Waals surface area contributed by atoms with Crippen LogP contribution >= 0.6 is 0 Å². The fourth-order valence-electron chi connectivity index (χ4n) is 2.00. The van der Waals surface area contributed by atoms with Crippen molar-refractivity contribution in [3.63, 3.8) is 0 Å². The van der Waals surface area contributed by atoms with Gasteiger partial charge in [0.1, 0.15) is 24.0 Å². The van der Waals surface area contributed by atoms with Gasteiger partial charge in [-0.05, 0) is 12.5 Å². The summed E-state index contributed by atoms with van der Waals surface area (Å²) in [6, 6.07) is 17.8. The molecule has 0 unspecified atom stereocenters. The molecule has 0 saturated heterocycles. The first-order valence-electron chi connectivity index (χ1n) is 7.72. The Morgan fingerprint density at radius 1 is 1.23 bits per heavy atom.